The van der Waals surface area contributed by atoms with E-state index in [1.54, 1.807) is 12.1 Å². The molecule has 2 aromatic rings. The van der Waals surface area contributed by atoms with E-state index in [0.717, 1.165) is 42.7 Å². The van der Waals surface area contributed by atoms with Crippen molar-refractivity contribution in [1.29, 1.82) is 0 Å². The van der Waals surface area contributed by atoms with E-state index in [9.17, 15) is 25.5 Å². The summed E-state index contributed by atoms with van der Waals surface area (Å²) < 4.78 is 11.5. The van der Waals surface area contributed by atoms with Crippen molar-refractivity contribution in [1.82, 2.24) is 0 Å². The van der Waals surface area contributed by atoms with Crippen LogP contribution in [0, 0.1) is 0 Å². The van der Waals surface area contributed by atoms with Gasteiger partial charge in [-0.05, 0) is 49.1 Å². The molecule has 2 heterocycles. The molecule has 0 aliphatic carbocycles. The molecule has 0 aromatic heterocycles. The first-order valence-electron chi connectivity index (χ1n) is 11.5. The van der Waals surface area contributed by atoms with Gasteiger partial charge in [0.25, 0.3) is 0 Å². The minimum Gasteiger partial charge on any atom is -0.462 e. The molecule has 2 aromatic carbocycles. The van der Waals surface area contributed by atoms with Crippen molar-refractivity contribution in [2.24, 2.45) is 0 Å². The number of piperidine rings is 1. The first-order chi connectivity index (χ1) is 15.8. The smallest absolute Gasteiger partial charge is 0.229 e. The molecule has 2 saturated heterocycles. The molecule has 2 aliphatic heterocycles. The van der Waals surface area contributed by atoms with Crippen LogP contribution in [0.15, 0.2) is 48.5 Å². The lowest BCUT2D eigenvalue weighted by Crippen LogP contribution is -2.61. The number of anilines is 1. The fourth-order valence-corrected chi connectivity index (χ4v) is 4.43. The minimum absolute atomic E-state index is 0.205. The number of ether oxygens (including phenoxy) is 2. The molecule has 6 atom stereocenters. The minimum atomic E-state index is -1.50. The van der Waals surface area contributed by atoms with E-state index in [4.69, 9.17) is 9.47 Å². The number of aliphatic hydroxyl groups is 5. The maximum Gasteiger partial charge on any atom is 0.229 e. The van der Waals surface area contributed by atoms with Gasteiger partial charge in [0.2, 0.25) is 6.29 Å². The van der Waals surface area contributed by atoms with Crippen LogP contribution in [0.5, 0.6) is 5.75 Å². The first-order valence-corrected chi connectivity index (χ1v) is 11.5. The summed E-state index contributed by atoms with van der Waals surface area (Å²) in [7, 11) is 0. The highest BCUT2D eigenvalue weighted by molar-refractivity contribution is 5.49. The Morgan fingerprint density at radius 1 is 0.939 bits per heavy atom. The molecule has 0 spiro atoms. The summed E-state index contributed by atoms with van der Waals surface area (Å²) in [5.41, 5.74) is 3.08. The van der Waals surface area contributed by atoms with Crippen LogP contribution in [0.4, 0.5) is 5.69 Å². The van der Waals surface area contributed by atoms with Crippen molar-refractivity contribution in [3.8, 4) is 5.75 Å². The van der Waals surface area contributed by atoms with Gasteiger partial charge in [0.05, 0.1) is 12.2 Å². The predicted molar refractivity (Wildman–Crippen MR) is 122 cm³/mol. The van der Waals surface area contributed by atoms with E-state index in [1.165, 1.54) is 6.92 Å². The molecule has 180 valence electrons. The Morgan fingerprint density at radius 2 is 1.61 bits per heavy atom. The number of aliphatic hydroxyl groups excluding tert-OH is 5. The molecular weight excluding hydrogens is 426 g/mol. The number of nitrogens with zero attached hydrogens (tertiary/aromatic N) is 1. The average Bonchev–Trinajstić information content (AvgIpc) is 2.81. The molecule has 0 bridgehead atoms. The number of hydrogen-bond donors (Lipinski definition) is 5. The van der Waals surface area contributed by atoms with Gasteiger partial charge in [-0.3, -0.25) is 0 Å². The first kappa shape index (κ1) is 23.9. The van der Waals surface area contributed by atoms with Crippen molar-refractivity contribution in [2.45, 2.75) is 69.1 Å². The van der Waals surface area contributed by atoms with Gasteiger partial charge in [-0.2, -0.15) is 0 Å². The molecule has 2 aliphatic rings. The van der Waals surface area contributed by atoms with Gasteiger partial charge >= 0.3 is 0 Å². The third kappa shape index (κ3) is 5.48. The number of benzene rings is 2. The molecule has 33 heavy (non-hydrogen) atoms. The van der Waals surface area contributed by atoms with Gasteiger partial charge in [-0.15, -0.1) is 0 Å². The maximum absolute atomic E-state index is 10.4. The van der Waals surface area contributed by atoms with Crippen LogP contribution in [0.2, 0.25) is 0 Å². The molecule has 8 nitrogen and oxygen atoms in total. The van der Waals surface area contributed by atoms with Crippen molar-refractivity contribution in [3.63, 3.8) is 0 Å². The largest absolute Gasteiger partial charge is 0.462 e. The summed E-state index contributed by atoms with van der Waals surface area (Å²) in [6, 6.07) is 15.7. The summed E-state index contributed by atoms with van der Waals surface area (Å²) in [4.78, 5) is 2.27. The Morgan fingerprint density at radius 3 is 2.27 bits per heavy atom. The summed E-state index contributed by atoms with van der Waals surface area (Å²) in [5, 5.41) is 50.2. The zero-order valence-electron chi connectivity index (χ0n) is 18.7. The summed E-state index contributed by atoms with van der Waals surface area (Å²) >= 11 is 0. The van der Waals surface area contributed by atoms with Crippen LogP contribution in [0.1, 0.15) is 30.9 Å². The van der Waals surface area contributed by atoms with E-state index in [0.29, 0.717) is 12.2 Å². The quantitative estimate of drug-likeness (QED) is 0.430. The molecule has 5 N–H and O–H groups in total. The van der Waals surface area contributed by atoms with Gasteiger partial charge in [0.15, 0.2) is 0 Å². The van der Waals surface area contributed by atoms with Gasteiger partial charge in [0.1, 0.15) is 30.2 Å². The summed E-state index contributed by atoms with van der Waals surface area (Å²) in [6.07, 6.45) is -5.81. The molecule has 0 amide bonds. The Kier molecular flexibility index (Phi) is 7.53. The van der Waals surface area contributed by atoms with Crippen molar-refractivity contribution < 1.29 is 35.0 Å². The summed E-state index contributed by atoms with van der Waals surface area (Å²) in [6.45, 7) is 3.13. The molecule has 0 radical (unpaired) electrons. The van der Waals surface area contributed by atoms with Crippen LogP contribution in [-0.4, -0.2) is 81.5 Å². The van der Waals surface area contributed by atoms with Gasteiger partial charge in [-0.25, -0.2) is 0 Å². The molecule has 2 fully saturated rings. The number of hydrogen-bond acceptors (Lipinski definition) is 8. The topological polar surface area (TPSA) is 123 Å². The second kappa shape index (κ2) is 10.4. The number of para-hydroxylation sites is 1. The molecule has 0 unspecified atom stereocenters. The average molecular weight is 460 g/mol. The van der Waals surface area contributed by atoms with Crippen LogP contribution in [0.3, 0.4) is 0 Å². The maximum atomic E-state index is 10.4. The highest BCUT2D eigenvalue weighted by Crippen LogP contribution is 2.29. The van der Waals surface area contributed by atoms with Crippen molar-refractivity contribution in [3.05, 3.63) is 59.7 Å². The van der Waals surface area contributed by atoms with Gasteiger partial charge < -0.3 is 39.9 Å². The van der Waals surface area contributed by atoms with Crippen LogP contribution < -0.4 is 9.64 Å². The zero-order chi connectivity index (χ0) is 23.5. The van der Waals surface area contributed by atoms with E-state index in [-0.39, 0.29) is 6.10 Å². The standard InChI is InChI=1S/C25H33NO7/c1-15(27)24-22(30)21(29)23(31)25(33-24)32-20-5-3-2-4-17(20)14-16-6-8-18(9-7-16)26-12-10-19(28)11-13-26/h2-9,15,19,21-25,27-31H,10-14H2,1H3/t15-,21+,22+,23-,24-,25-/m1/s1. The third-order valence-electron chi connectivity index (χ3n) is 6.46. The predicted octanol–water partition coefficient (Wildman–Crippen LogP) is 0.806. The van der Waals surface area contributed by atoms with Gasteiger partial charge in [-0.1, -0.05) is 30.3 Å². The molecular formula is C25H33NO7. The molecule has 4 rings (SSSR count). The SMILES string of the molecule is C[C@@H](O)[C@H]1O[C@@H](Oc2ccccc2Cc2ccc(N3CCC(O)CC3)cc2)[C@H](O)[C@@H](O)[C@@H]1O. The highest BCUT2D eigenvalue weighted by atomic mass is 16.7. The van der Waals surface area contributed by atoms with Crippen molar-refractivity contribution in [2.75, 3.05) is 18.0 Å². The fourth-order valence-electron chi connectivity index (χ4n) is 4.43. The van der Waals surface area contributed by atoms with Gasteiger partial charge in [0, 0.05) is 25.2 Å². The highest BCUT2D eigenvalue weighted by Gasteiger charge is 2.46. The lowest BCUT2D eigenvalue weighted by molar-refractivity contribution is -0.286. The second-order valence-corrected chi connectivity index (χ2v) is 8.97. The lowest BCUT2D eigenvalue weighted by atomic mass is 9.96. The Labute approximate surface area is 193 Å². The third-order valence-corrected chi connectivity index (χ3v) is 6.46. The number of rotatable bonds is 6. The van der Waals surface area contributed by atoms with E-state index >= 15 is 0 Å². The molecule has 8 heteroatoms. The van der Waals surface area contributed by atoms with Crippen LogP contribution in [-0.2, 0) is 11.2 Å². The Balaban J connectivity index is 1.45. The van der Waals surface area contributed by atoms with E-state index < -0.39 is 36.8 Å². The lowest BCUT2D eigenvalue weighted by Gasteiger charge is -2.41. The van der Waals surface area contributed by atoms with Crippen LogP contribution >= 0.6 is 0 Å². The van der Waals surface area contributed by atoms with Crippen molar-refractivity contribution >= 4 is 5.69 Å². The second-order valence-electron chi connectivity index (χ2n) is 8.97. The summed E-state index contributed by atoms with van der Waals surface area (Å²) in [5.74, 6) is 0.489. The van der Waals surface area contributed by atoms with E-state index in [2.05, 4.69) is 29.2 Å². The zero-order valence-corrected chi connectivity index (χ0v) is 18.7. The monoisotopic (exact) mass is 459 g/mol. The normalized spacial score (nSPS) is 29.6. The Hall–Kier alpha value is -2.20. The molecule has 0 saturated carbocycles. The Bertz CT molecular complexity index is 898. The fraction of sp³-hybridized carbons (Fsp3) is 0.520. The van der Waals surface area contributed by atoms with E-state index in [1.807, 2.05) is 12.1 Å². The van der Waals surface area contributed by atoms with Crippen LogP contribution in [0.25, 0.3) is 0 Å².